The van der Waals surface area contributed by atoms with Gasteiger partial charge in [-0.3, -0.25) is 19.5 Å². The van der Waals surface area contributed by atoms with Crippen molar-refractivity contribution in [3.05, 3.63) is 52.6 Å². The number of nitrogens with zero attached hydrogens (tertiary/aromatic N) is 6. The van der Waals surface area contributed by atoms with Crippen LogP contribution in [0.5, 0.6) is 0 Å². The van der Waals surface area contributed by atoms with Crippen LogP contribution in [0, 0.1) is 5.82 Å². The Bertz CT molecular complexity index is 1520. The lowest BCUT2D eigenvalue weighted by Gasteiger charge is -2.38. The van der Waals surface area contributed by atoms with E-state index in [1.165, 1.54) is 28.1 Å². The third-order valence-electron chi connectivity index (χ3n) is 8.45. The minimum absolute atomic E-state index is 0.0540. The smallest absolute Gasteiger partial charge is 0.272 e. The molecule has 3 aliphatic rings. The maximum absolute atomic E-state index is 14.7. The van der Waals surface area contributed by atoms with Gasteiger partial charge in [-0.15, -0.1) is 0 Å². The van der Waals surface area contributed by atoms with Crippen molar-refractivity contribution in [1.82, 2.24) is 29.9 Å². The van der Waals surface area contributed by atoms with Crippen molar-refractivity contribution in [3.8, 4) is 0 Å². The average Bonchev–Trinajstić information content (AvgIpc) is 3.63. The van der Waals surface area contributed by atoms with Gasteiger partial charge in [-0.2, -0.15) is 5.10 Å². The Morgan fingerprint density at radius 2 is 1.90 bits per heavy atom. The highest BCUT2D eigenvalue weighted by Crippen LogP contribution is 2.51. The number of alkyl halides is 1. The molecule has 0 saturated carbocycles. The Morgan fingerprint density at radius 3 is 2.60 bits per heavy atom. The number of carbonyl (C=O) groups is 3. The highest BCUT2D eigenvalue weighted by molar-refractivity contribution is 6.33. The molecule has 10 nitrogen and oxygen atoms in total. The van der Waals surface area contributed by atoms with E-state index in [4.69, 9.17) is 11.6 Å². The molecule has 5 heterocycles. The average molecular weight is 572 g/mol. The summed E-state index contributed by atoms with van der Waals surface area (Å²) in [5.74, 6) is -1.71. The number of carbonyl (C=O) groups excluding carboxylic acids is 3. The number of fused-ring (bicyclic) bond motifs is 3. The van der Waals surface area contributed by atoms with E-state index in [-0.39, 0.29) is 68.1 Å². The monoisotopic (exact) mass is 571 g/mol. The van der Waals surface area contributed by atoms with Crippen molar-refractivity contribution in [3.63, 3.8) is 0 Å². The quantitative estimate of drug-likeness (QED) is 0.515. The van der Waals surface area contributed by atoms with Crippen molar-refractivity contribution in [1.29, 1.82) is 0 Å². The number of likely N-dealkylation sites (N-methyl/N-ethyl adjacent to an activating group) is 1. The molecule has 0 bridgehead atoms. The Labute approximate surface area is 233 Å². The first-order valence-corrected chi connectivity index (χ1v) is 13.5. The fourth-order valence-corrected chi connectivity index (χ4v) is 6.53. The maximum atomic E-state index is 14.7. The summed E-state index contributed by atoms with van der Waals surface area (Å²) in [6, 6.07) is 5.56. The number of benzene rings is 1. The molecular weight excluding hydrogens is 544 g/mol. The lowest BCUT2D eigenvalue weighted by atomic mass is 9.73. The van der Waals surface area contributed by atoms with Crippen LogP contribution in [0.4, 0.5) is 14.5 Å². The van der Waals surface area contributed by atoms with Crippen molar-refractivity contribution in [2.45, 2.75) is 30.5 Å². The summed E-state index contributed by atoms with van der Waals surface area (Å²) in [5.41, 5.74) is 1.06. The van der Waals surface area contributed by atoms with Gasteiger partial charge in [0.25, 0.3) is 5.91 Å². The van der Waals surface area contributed by atoms with Crippen LogP contribution in [0.3, 0.4) is 0 Å². The fourth-order valence-electron chi connectivity index (χ4n) is 6.19. The fraction of sp³-hybridized carbons (Fsp3) is 0.444. The van der Waals surface area contributed by atoms with Gasteiger partial charge >= 0.3 is 0 Å². The van der Waals surface area contributed by atoms with Crippen LogP contribution in [-0.2, 0) is 15.0 Å². The molecule has 2 saturated heterocycles. The van der Waals surface area contributed by atoms with Gasteiger partial charge in [0, 0.05) is 25.2 Å². The standard InChI is InChI=1S/C27H28ClF2N7O3/c1-34(2)21-13-36(12-16(21)30)22(38)14-37-20-6-3-15(29)24(28)23(20)27(26(37)40)7-9-35(10-8-27)25(39)18-5-4-17-19(32-18)11-31-33-17/h3-6,11,16,21H,7-10,12-14H2,1-2H3,(H,31,33)/t16-,21+/m0/s1. The van der Waals surface area contributed by atoms with E-state index < -0.39 is 29.4 Å². The first-order chi connectivity index (χ1) is 19.1. The molecule has 1 aromatic carbocycles. The van der Waals surface area contributed by atoms with Crippen molar-refractivity contribution >= 4 is 46.0 Å². The number of pyridine rings is 1. The number of rotatable bonds is 4. The van der Waals surface area contributed by atoms with Crippen LogP contribution in [0.25, 0.3) is 11.0 Å². The van der Waals surface area contributed by atoms with Gasteiger partial charge in [-0.1, -0.05) is 11.6 Å². The molecule has 3 amide bonds. The summed E-state index contributed by atoms with van der Waals surface area (Å²) >= 11 is 6.46. The number of halogens is 3. The van der Waals surface area contributed by atoms with Crippen molar-refractivity contribution in [2.75, 3.05) is 51.7 Å². The van der Waals surface area contributed by atoms with E-state index in [0.29, 0.717) is 22.3 Å². The third kappa shape index (κ3) is 4.12. The van der Waals surface area contributed by atoms with Crippen molar-refractivity contribution in [2.24, 2.45) is 0 Å². The topological polar surface area (TPSA) is 106 Å². The van der Waals surface area contributed by atoms with E-state index in [2.05, 4.69) is 15.2 Å². The summed E-state index contributed by atoms with van der Waals surface area (Å²) in [4.78, 5) is 51.0. The molecule has 40 heavy (non-hydrogen) atoms. The molecule has 13 heteroatoms. The molecule has 6 rings (SSSR count). The summed E-state index contributed by atoms with van der Waals surface area (Å²) in [6.45, 7) is 0.280. The van der Waals surface area contributed by atoms with Crippen LogP contribution in [0.15, 0.2) is 30.5 Å². The predicted octanol–water partition coefficient (Wildman–Crippen LogP) is 2.38. The van der Waals surface area contributed by atoms with Crippen molar-refractivity contribution < 1.29 is 23.2 Å². The molecule has 210 valence electrons. The second-order valence-corrected chi connectivity index (χ2v) is 11.2. The van der Waals surface area contributed by atoms with Gasteiger partial charge < -0.3 is 19.6 Å². The number of hydrogen-bond acceptors (Lipinski definition) is 6. The zero-order valence-corrected chi connectivity index (χ0v) is 22.8. The van der Waals surface area contributed by atoms with Crippen LogP contribution in [-0.4, -0.2) is 107 Å². The molecule has 1 N–H and O–H groups in total. The van der Waals surface area contributed by atoms with E-state index in [1.807, 2.05) is 0 Å². The minimum Gasteiger partial charge on any atom is -0.337 e. The number of amides is 3. The first kappa shape index (κ1) is 26.6. The van der Waals surface area contributed by atoms with E-state index in [0.717, 1.165) is 0 Å². The van der Waals surface area contributed by atoms with Crippen LogP contribution in [0.1, 0.15) is 28.9 Å². The predicted molar refractivity (Wildman–Crippen MR) is 143 cm³/mol. The zero-order chi connectivity index (χ0) is 28.3. The Kier molecular flexibility index (Phi) is 6.49. The Hall–Kier alpha value is -3.64. The maximum Gasteiger partial charge on any atom is 0.272 e. The second kappa shape index (κ2) is 9.77. The summed E-state index contributed by atoms with van der Waals surface area (Å²) < 4.78 is 29.2. The van der Waals surface area contributed by atoms with E-state index in [9.17, 15) is 23.2 Å². The van der Waals surface area contributed by atoms with E-state index >= 15 is 0 Å². The number of aromatic amines is 1. The number of hydrogen-bond donors (Lipinski definition) is 1. The molecule has 2 aromatic heterocycles. The molecule has 0 unspecified atom stereocenters. The number of likely N-dealkylation sites (tertiary alicyclic amines) is 2. The SMILES string of the molecule is CN(C)[C@@H]1CN(C(=O)CN2C(=O)C3(CCN(C(=O)c4ccc5[nH]ncc5n4)CC3)c3c2ccc(F)c3Cl)C[C@@H]1F. The van der Waals surface area contributed by atoms with Gasteiger partial charge in [-0.05, 0) is 51.2 Å². The molecule has 2 fully saturated rings. The molecule has 0 radical (unpaired) electrons. The molecule has 1 spiro atoms. The minimum atomic E-state index is -1.19. The number of H-pyrrole nitrogens is 1. The normalized spacial score (nSPS) is 22.1. The first-order valence-electron chi connectivity index (χ1n) is 13.1. The van der Waals surface area contributed by atoms with Gasteiger partial charge in [-0.25, -0.2) is 13.8 Å². The van der Waals surface area contributed by atoms with Gasteiger partial charge in [0.15, 0.2) is 0 Å². The summed E-state index contributed by atoms with van der Waals surface area (Å²) in [7, 11) is 3.52. The Balaban J connectivity index is 1.24. The Morgan fingerprint density at radius 1 is 1.15 bits per heavy atom. The number of piperidine rings is 1. The second-order valence-electron chi connectivity index (χ2n) is 10.9. The van der Waals surface area contributed by atoms with Crippen LogP contribution < -0.4 is 4.90 Å². The molecule has 0 aliphatic carbocycles. The number of anilines is 1. The highest BCUT2D eigenvalue weighted by Gasteiger charge is 2.55. The largest absolute Gasteiger partial charge is 0.337 e. The lowest BCUT2D eigenvalue weighted by molar-refractivity contribution is -0.132. The lowest BCUT2D eigenvalue weighted by Crippen LogP contribution is -2.51. The van der Waals surface area contributed by atoms with E-state index in [1.54, 1.807) is 36.0 Å². The van der Waals surface area contributed by atoms with Gasteiger partial charge in [0.1, 0.15) is 29.7 Å². The summed E-state index contributed by atoms with van der Waals surface area (Å²) in [5, 5.41) is 6.56. The highest BCUT2D eigenvalue weighted by atomic mass is 35.5. The van der Waals surface area contributed by atoms with Crippen LogP contribution >= 0.6 is 11.6 Å². The number of aromatic nitrogens is 3. The molecule has 2 atom stereocenters. The van der Waals surface area contributed by atoms with Gasteiger partial charge in [0.2, 0.25) is 11.8 Å². The third-order valence-corrected chi connectivity index (χ3v) is 8.82. The molecular formula is C27H28ClF2N7O3. The number of nitrogens with one attached hydrogen (secondary N) is 1. The van der Waals surface area contributed by atoms with Crippen LogP contribution in [0.2, 0.25) is 5.02 Å². The molecule has 3 aliphatic heterocycles. The summed E-state index contributed by atoms with van der Waals surface area (Å²) in [6.07, 6.45) is 0.742. The molecule has 3 aromatic rings. The van der Waals surface area contributed by atoms with Gasteiger partial charge in [0.05, 0.1) is 40.4 Å². The zero-order valence-electron chi connectivity index (χ0n) is 22.0.